The number of nitrogens with zero attached hydrogens (tertiary/aromatic N) is 3. The SMILES string of the molecule is [N-]=[N+]=NC(O)[C@@H]1O[C@H](COCc2ccccc2)[C@](O)(Cc2ccccc2)[C@@]1(O)Cc1ccccc1. The van der Waals surface area contributed by atoms with Gasteiger partial charge in [0, 0.05) is 17.8 Å². The van der Waals surface area contributed by atoms with Crippen LogP contribution in [0.3, 0.4) is 0 Å². The predicted molar refractivity (Wildman–Crippen MR) is 130 cm³/mol. The van der Waals surface area contributed by atoms with Crippen molar-refractivity contribution in [2.75, 3.05) is 6.61 Å². The Bertz CT molecular complexity index is 1130. The van der Waals surface area contributed by atoms with Crippen molar-refractivity contribution < 1.29 is 24.8 Å². The summed E-state index contributed by atoms with van der Waals surface area (Å²) in [5.74, 6) is 0. The first-order chi connectivity index (χ1) is 17.0. The average Bonchev–Trinajstić information content (AvgIpc) is 3.07. The van der Waals surface area contributed by atoms with Gasteiger partial charge >= 0.3 is 0 Å². The number of hydrogen-bond acceptors (Lipinski definition) is 6. The van der Waals surface area contributed by atoms with Crippen LogP contribution in [0.1, 0.15) is 16.7 Å². The summed E-state index contributed by atoms with van der Waals surface area (Å²) in [5, 5.41) is 38.3. The molecular formula is C27H29N3O5. The monoisotopic (exact) mass is 475 g/mol. The zero-order valence-corrected chi connectivity index (χ0v) is 19.2. The highest BCUT2D eigenvalue weighted by atomic mass is 16.6. The van der Waals surface area contributed by atoms with Gasteiger partial charge in [-0.1, -0.05) is 96.1 Å². The van der Waals surface area contributed by atoms with Crippen LogP contribution in [0.2, 0.25) is 0 Å². The van der Waals surface area contributed by atoms with Crippen molar-refractivity contribution in [1.82, 2.24) is 0 Å². The van der Waals surface area contributed by atoms with E-state index in [0.717, 1.165) is 16.7 Å². The van der Waals surface area contributed by atoms with E-state index in [9.17, 15) is 15.3 Å². The topological polar surface area (TPSA) is 128 Å². The number of aliphatic hydroxyl groups excluding tert-OH is 1. The second-order valence-electron chi connectivity index (χ2n) is 8.84. The molecule has 0 spiro atoms. The molecule has 0 aromatic heterocycles. The molecule has 1 saturated heterocycles. The molecule has 1 aliphatic heterocycles. The summed E-state index contributed by atoms with van der Waals surface area (Å²) in [6.07, 6.45) is -4.09. The van der Waals surface area contributed by atoms with E-state index in [-0.39, 0.29) is 26.1 Å². The molecular weight excluding hydrogens is 446 g/mol. The minimum atomic E-state index is -1.99. The lowest BCUT2D eigenvalue weighted by molar-refractivity contribution is -0.158. The van der Waals surface area contributed by atoms with Gasteiger partial charge in [0.05, 0.1) is 13.2 Å². The Morgan fingerprint density at radius 3 is 1.83 bits per heavy atom. The molecule has 5 atom stereocenters. The summed E-state index contributed by atoms with van der Waals surface area (Å²) in [7, 11) is 0. The van der Waals surface area contributed by atoms with E-state index in [4.69, 9.17) is 15.0 Å². The van der Waals surface area contributed by atoms with Crippen LogP contribution in [0.4, 0.5) is 0 Å². The number of ether oxygens (including phenoxy) is 2. The number of benzene rings is 3. The third-order valence-electron chi connectivity index (χ3n) is 6.52. The zero-order valence-electron chi connectivity index (χ0n) is 19.2. The van der Waals surface area contributed by atoms with Gasteiger partial charge in [-0.2, -0.15) is 0 Å². The van der Waals surface area contributed by atoms with Gasteiger partial charge in [-0.15, -0.1) is 0 Å². The molecule has 3 N–H and O–H groups in total. The number of hydrogen-bond donors (Lipinski definition) is 3. The fourth-order valence-corrected chi connectivity index (χ4v) is 4.73. The fourth-order valence-electron chi connectivity index (χ4n) is 4.73. The maximum absolute atomic E-state index is 12.2. The highest BCUT2D eigenvalue weighted by Gasteiger charge is 2.66. The zero-order chi connectivity index (χ0) is 24.7. The number of azide groups is 1. The predicted octanol–water partition coefficient (Wildman–Crippen LogP) is 3.55. The summed E-state index contributed by atoms with van der Waals surface area (Å²) in [4.78, 5) is 2.68. The summed E-state index contributed by atoms with van der Waals surface area (Å²) in [6, 6.07) is 27.9. The Balaban J connectivity index is 1.69. The van der Waals surface area contributed by atoms with Crippen molar-refractivity contribution in [1.29, 1.82) is 0 Å². The van der Waals surface area contributed by atoms with E-state index in [0.29, 0.717) is 0 Å². The van der Waals surface area contributed by atoms with Gasteiger partial charge in [-0.25, -0.2) is 0 Å². The van der Waals surface area contributed by atoms with Crippen LogP contribution >= 0.6 is 0 Å². The van der Waals surface area contributed by atoms with Gasteiger partial charge in [-0.05, 0) is 22.2 Å². The standard InChI is InChI=1S/C27H29N3O5/c28-30-29-25(31)24-27(33,17-21-12-6-2-7-13-21)26(32,16-20-10-4-1-5-11-20)23(35-24)19-34-18-22-14-8-3-9-15-22/h1-15,23-25,31-33H,16-19H2/t23-,24+,25?,26-,27-/m1/s1. The maximum atomic E-state index is 12.2. The van der Waals surface area contributed by atoms with E-state index >= 15 is 0 Å². The molecule has 8 nitrogen and oxygen atoms in total. The molecule has 0 radical (unpaired) electrons. The van der Waals surface area contributed by atoms with E-state index < -0.39 is 29.6 Å². The second-order valence-corrected chi connectivity index (χ2v) is 8.84. The minimum absolute atomic E-state index is 0.0327. The Morgan fingerprint density at radius 2 is 1.31 bits per heavy atom. The van der Waals surface area contributed by atoms with Crippen LogP contribution in [-0.2, 0) is 28.9 Å². The number of rotatable bonds is 10. The van der Waals surface area contributed by atoms with Gasteiger partial charge in [0.2, 0.25) is 0 Å². The first kappa shape index (κ1) is 24.9. The molecule has 1 heterocycles. The van der Waals surface area contributed by atoms with Crippen molar-refractivity contribution in [3.05, 3.63) is 118 Å². The Morgan fingerprint density at radius 1 is 0.829 bits per heavy atom. The molecule has 1 aliphatic rings. The molecule has 0 bridgehead atoms. The first-order valence-corrected chi connectivity index (χ1v) is 11.5. The largest absolute Gasteiger partial charge is 0.384 e. The molecule has 3 aromatic rings. The van der Waals surface area contributed by atoms with Crippen LogP contribution < -0.4 is 0 Å². The van der Waals surface area contributed by atoms with Crippen LogP contribution in [-0.4, -0.2) is 51.6 Å². The van der Waals surface area contributed by atoms with E-state index in [1.54, 1.807) is 0 Å². The molecule has 0 saturated carbocycles. The molecule has 3 aromatic carbocycles. The highest BCUT2D eigenvalue weighted by molar-refractivity contribution is 5.28. The summed E-state index contributed by atoms with van der Waals surface area (Å²) >= 11 is 0. The van der Waals surface area contributed by atoms with Crippen molar-refractivity contribution >= 4 is 0 Å². The molecule has 35 heavy (non-hydrogen) atoms. The lowest BCUT2D eigenvalue weighted by atomic mass is 9.71. The van der Waals surface area contributed by atoms with E-state index in [2.05, 4.69) is 10.0 Å². The summed E-state index contributed by atoms with van der Waals surface area (Å²) in [5.41, 5.74) is 7.53. The van der Waals surface area contributed by atoms with Crippen molar-refractivity contribution in [2.45, 2.75) is 49.1 Å². The molecule has 0 amide bonds. The average molecular weight is 476 g/mol. The maximum Gasteiger partial charge on any atom is 0.162 e. The van der Waals surface area contributed by atoms with Crippen LogP contribution in [0.5, 0.6) is 0 Å². The fraction of sp³-hybridized carbons (Fsp3) is 0.333. The van der Waals surface area contributed by atoms with Gasteiger partial charge in [-0.3, -0.25) is 0 Å². The van der Waals surface area contributed by atoms with E-state index in [1.165, 1.54) is 0 Å². The normalized spacial score (nSPS) is 26.7. The quantitative estimate of drug-likeness (QED) is 0.235. The molecule has 182 valence electrons. The van der Waals surface area contributed by atoms with Crippen LogP contribution in [0, 0.1) is 0 Å². The third-order valence-corrected chi connectivity index (χ3v) is 6.52. The second kappa shape index (κ2) is 11.0. The molecule has 1 fully saturated rings. The molecule has 1 unspecified atom stereocenters. The number of aliphatic hydroxyl groups is 3. The van der Waals surface area contributed by atoms with Crippen LogP contribution in [0.15, 0.2) is 96.1 Å². The van der Waals surface area contributed by atoms with Gasteiger partial charge in [0.25, 0.3) is 0 Å². The summed E-state index contributed by atoms with van der Waals surface area (Å²) < 4.78 is 11.9. The molecule has 4 rings (SSSR count). The van der Waals surface area contributed by atoms with Crippen molar-refractivity contribution in [3.63, 3.8) is 0 Å². The molecule has 8 heteroatoms. The van der Waals surface area contributed by atoms with E-state index in [1.807, 2.05) is 91.0 Å². The minimum Gasteiger partial charge on any atom is -0.384 e. The smallest absolute Gasteiger partial charge is 0.162 e. The Labute approximate surface area is 204 Å². The van der Waals surface area contributed by atoms with Crippen molar-refractivity contribution in [3.8, 4) is 0 Å². The molecule has 0 aliphatic carbocycles. The van der Waals surface area contributed by atoms with Crippen LogP contribution in [0.25, 0.3) is 10.4 Å². The Kier molecular flexibility index (Phi) is 7.83. The highest BCUT2D eigenvalue weighted by Crippen LogP contribution is 2.46. The lowest BCUT2D eigenvalue weighted by Crippen LogP contribution is -2.63. The lowest BCUT2D eigenvalue weighted by Gasteiger charge is -2.42. The van der Waals surface area contributed by atoms with Gasteiger partial charge in [0.1, 0.15) is 23.4 Å². The van der Waals surface area contributed by atoms with Gasteiger partial charge in [0.15, 0.2) is 6.23 Å². The summed E-state index contributed by atoms with van der Waals surface area (Å²) in [6.45, 7) is 0.234. The first-order valence-electron chi connectivity index (χ1n) is 11.5. The Hall–Kier alpha value is -3.23. The third kappa shape index (κ3) is 5.39. The van der Waals surface area contributed by atoms with Gasteiger partial charge < -0.3 is 24.8 Å². The van der Waals surface area contributed by atoms with Crippen molar-refractivity contribution in [2.24, 2.45) is 5.11 Å².